The van der Waals surface area contributed by atoms with Crippen molar-refractivity contribution < 1.29 is 68.4 Å². The molecule has 1 aromatic carbocycles. The Kier molecular flexibility index (Phi) is 15.3. The second kappa shape index (κ2) is 20.0. The molecule has 17 heteroatoms. The third-order valence-electron chi connectivity index (χ3n) is 11.9. The highest BCUT2D eigenvalue weighted by Gasteiger charge is 2.76. The molecule has 1 aliphatic carbocycles. The zero-order valence-electron chi connectivity index (χ0n) is 33.4. The number of carbonyl (C=O) groups excluding carboxylic acids is 3. The van der Waals surface area contributed by atoms with Crippen molar-refractivity contribution in [2.75, 3.05) is 32.9 Å². The molecule has 0 aromatic heterocycles. The number of ether oxygens (including phenoxy) is 5. The summed E-state index contributed by atoms with van der Waals surface area (Å²) in [4.78, 5) is 47.5. The number of benzene rings is 1. The smallest absolute Gasteiger partial charge is 0.327 e. The lowest BCUT2D eigenvalue weighted by Gasteiger charge is -2.48. The molecule has 7 N–H and O–H groups in total. The third kappa shape index (κ3) is 9.45. The number of unbranched alkanes of at least 4 members (excludes halogenated alkanes) is 4. The van der Waals surface area contributed by atoms with Crippen LogP contribution in [0.5, 0.6) is 0 Å². The van der Waals surface area contributed by atoms with Gasteiger partial charge >= 0.3 is 5.97 Å². The molecule has 4 aliphatic heterocycles. The first-order valence-corrected chi connectivity index (χ1v) is 20.8. The SMILES string of the molecule is CCCCCC1(CCCCC)O[C@@H]2[C@H](O1)[C@H]1ON(Cc3ccc(C=CCO[C@H]4O[C@H](CO)[C@H](O)[C@H](O)[C@H]4O)cc3)[C@H]3C(=O)O[C@@H]2C[C@@]13C(=O)NCCC(=O)NCCO. The van der Waals surface area contributed by atoms with Gasteiger partial charge in [0.15, 0.2) is 18.1 Å². The summed E-state index contributed by atoms with van der Waals surface area (Å²) >= 11 is 0. The van der Waals surface area contributed by atoms with Crippen LogP contribution in [0.25, 0.3) is 6.08 Å². The Balaban J connectivity index is 1.18. The molecule has 5 fully saturated rings. The van der Waals surface area contributed by atoms with E-state index in [1.54, 1.807) is 12.2 Å². The summed E-state index contributed by atoms with van der Waals surface area (Å²) in [5.41, 5.74) is 0.198. The van der Waals surface area contributed by atoms with Crippen molar-refractivity contribution in [3.8, 4) is 0 Å². The number of aliphatic hydroxyl groups is 5. The number of hydrogen-bond donors (Lipinski definition) is 7. The zero-order valence-corrected chi connectivity index (χ0v) is 33.4. The molecule has 2 bridgehead atoms. The minimum atomic E-state index is -1.53. The summed E-state index contributed by atoms with van der Waals surface area (Å²) in [7, 11) is 0. The van der Waals surface area contributed by atoms with Gasteiger partial charge in [0.05, 0.1) is 26.4 Å². The Morgan fingerprint density at radius 3 is 2.31 bits per heavy atom. The molecular formula is C41H61N3O14. The van der Waals surface area contributed by atoms with Crippen LogP contribution in [-0.4, -0.2) is 148 Å². The van der Waals surface area contributed by atoms with E-state index < -0.39 is 90.8 Å². The number of aliphatic hydroxyl groups excluding tert-OH is 5. The van der Waals surface area contributed by atoms with Crippen LogP contribution in [0, 0.1) is 5.41 Å². The minimum absolute atomic E-state index is 0.00214. The van der Waals surface area contributed by atoms with Crippen LogP contribution < -0.4 is 10.6 Å². The molecule has 1 aromatic rings. The molecule has 4 heterocycles. The fraction of sp³-hybridized carbons (Fsp3) is 0.732. The summed E-state index contributed by atoms with van der Waals surface area (Å²) < 4.78 is 30.8. The molecular weight excluding hydrogens is 758 g/mol. The van der Waals surface area contributed by atoms with E-state index in [1.165, 1.54) is 5.06 Å². The van der Waals surface area contributed by atoms with Crippen molar-refractivity contribution in [3.63, 3.8) is 0 Å². The van der Waals surface area contributed by atoms with Gasteiger partial charge in [-0.3, -0.25) is 19.2 Å². The highest BCUT2D eigenvalue weighted by molar-refractivity contribution is 5.94. The van der Waals surface area contributed by atoms with Crippen LogP contribution in [-0.2, 0) is 49.5 Å². The summed E-state index contributed by atoms with van der Waals surface area (Å²) in [6.45, 7) is 3.78. The van der Waals surface area contributed by atoms with Crippen molar-refractivity contribution in [2.45, 2.75) is 152 Å². The number of carbonyl (C=O) groups is 3. The highest BCUT2D eigenvalue weighted by Crippen LogP contribution is 2.58. The van der Waals surface area contributed by atoms with E-state index in [9.17, 15) is 34.8 Å². The van der Waals surface area contributed by atoms with Gasteiger partial charge in [0.1, 0.15) is 54.2 Å². The fourth-order valence-corrected chi connectivity index (χ4v) is 8.89. The number of fused-ring (bicyclic) bond motifs is 4. The summed E-state index contributed by atoms with van der Waals surface area (Å²) in [5, 5.41) is 55.7. The lowest BCUT2D eigenvalue weighted by Crippen LogP contribution is -2.69. The Hall–Kier alpha value is -3.07. The van der Waals surface area contributed by atoms with Crippen LogP contribution in [0.4, 0.5) is 0 Å². The Labute approximate surface area is 338 Å². The van der Waals surface area contributed by atoms with Crippen LogP contribution in [0.15, 0.2) is 30.3 Å². The maximum absolute atomic E-state index is 14.5. The van der Waals surface area contributed by atoms with Gasteiger partial charge in [-0.05, 0) is 24.0 Å². The van der Waals surface area contributed by atoms with Crippen molar-refractivity contribution in [3.05, 3.63) is 41.5 Å². The Morgan fingerprint density at radius 1 is 0.931 bits per heavy atom. The van der Waals surface area contributed by atoms with E-state index in [-0.39, 0.29) is 51.6 Å². The highest BCUT2D eigenvalue weighted by atomic mass is 16.8. The molecule has 0 radical (unpaired) electrons. The van der Waals surface area contributed by atoms with Gasteiger partial charge in [-0.1, -0.05) is 75.9 Å². The Morgan fingerprint density at radius 2 is 1.64 bits per heavy atom. The van der Waals surface area contributed by atoms with Gasteiger partial charge in [0, 0.05) is 38.8 Å². The maximum Gasteiger partial charge on any atom is 0.327 e. The van der Waals surface area contributed by atoms with Crippen LogP contribution in [0.2, 0.25) is 0 Å². The predicted molar refractivity (Wildman–Crippen MR) is 205 cm³/mol. The number of hydroxylamine groups is 2. The molecule has 58 heavy (non-hydrogen) atoms. The lowest BCUT2D eigenvalue weighted by molar-refractivity contribution is -0.298. The molecule has 1 saturated carbocycles. The zero-order chi connectivity index (χ0) is 41.5. The molecule has 17 nitrogen and oxygen atoms in total. The van der Waals surface area contributed by atoms with E-state index in [2.05, 4.69) is 24.5 Å². The summed E-state index contributed by atoms with van der Waals surface area (Å²) in [5.74, 6) is -2.25. The van der Waals surface area contributed by atoms with Gasteiger partial charge in [-0.25, -0.2) is 0 Å². The standard InChI is InChI=1S/C41H61N3O14/c1-3-5-7-16-40(17-8-6-4-2)56-33-27-22-41(39(52)43-18-15-29(47)42-19-20-45)35(37(51)54-27)44(58-36(41)34(33)57-40)23-26-13-11-25(12-14-26)10-9-21-53-38-32(50)31(49)30(48)28(24-46)55-38/h9-14,27-28,30-36,38,45-46,48-50H,3-8,15-24H2,1-2H3,(H,42,47)(H,43,52)/t27-,28-,30+,31+,32-,33+,34+,35+,36-,38+,41+/m1/s1. The van der Waals surface area contributed by atoms with E-state index in [4.69, 9.17) is 33.6 Å². The van der Waals surface area contributed by atoms with Gasteiger partial charge in [0.2, 0.25) is 11.8 Å². The van der Waals surface area contributed by atoms with Gasteiger partial charge < -0.3 is 59.9 Å². The molecule has 4 saturated heterocycles. The molecule has 2 amide bonds. The number of hydrogen-bond acceptors (Lipinski definition) is 15. The second-order valence-corrected chi connectivity index (χ2v) is 16.0. The predicted octanol–water partition coefficient (Wildman–Crippen LogP) is 0.572. The number of nitrogens with zero attached hydrogens (tertiary/aromatic N) is 1. The van der Waals surface area contributed by atoms with Crippen LogP contribution in [0.1, 0.15) is 89.2 Å². The van der Waals surface area contributed by atoms with E-state index in [0.717, 1.165) is 49.7 Å². The molecule has 0 unspecified atom stereocenters. The summed E-state index contributed by atoms with van der Waals surface area (Å²) in [6.07, 6.45) is 1.05. The first-order chi connectivity index (χ1) is 28.0. The molecule has 5 aliphatic rings. The maximum atomic E-state index is 14.5. The van der Waals surface area contributed by atoms with E-state index in [1.807, 2.05) is 24.3 Å². The van der Waals surface area contributed by atoms with E-state index in [0.29, 0.717) is 12.8 Å². The lowest BCUT2D eigenvalue weighted by atomic mass is 9.62. The molecule has 324 valence electrons. The fourth-order valence-electron chi connectivity index (χ4n) is 8.89. The number of rotatable bonds is 21. The first-order valence-electron chi connectivity index (χ1n) is 20.8. The van der Waals surface area contributed by atoms with Gasteiger partial charge in [-0.2, -0.15) is 5.06 Å². The number of esters is 1. The number of amides is 2. The third-order valence-corrected chi connectivity index (χ3v) is 11.9. The largest absolute Gasteiger partial charge is 0.458 e. The summed E-state index contributed by atoms with van der Waals surface area (Å²) in [6, 6.07) is 6.34. The minimum Gasteiger partial charge on any atom is -0.458 e. The van der Waals surface area contributed by atoms with Gasteiger partial charge in [-0.15, -0.1) is 0 Å². The molecule has 0 spiro atoms. The van der Waals surface area contributed by atoms with Crippen LogP contribution >= 0.6 is 0 Å². The van der Waals surface area contributed by atoms with Crippen molar-refractivity contribution in [1.82, 2.24) is 15.7 Å². The molecule has 6 rings (SSSR count). The average molecular weight is 820 g/mol. The van der Waals surface area contributed by atoms with E-state index >= 15 is 0 Å². The van der Waals surface area contributed by atoms with Gasteiger partial charge in [0.25, 0.3) is 0 Å². The second-order valence-electron chi connectivity index (χ2n) is 16.0. The average Bonchev–Trinajstić information content (AvgIpc) is 3.77. The Bertz CT molecular complexity index is 1550. The monoisotopic (exact) mass is 819 g/mol. The van der Waals surface area contributed by atoms with Crippen molar-refractivity contribution >= 4 is 23.9 Å². The topological polar surface area (TPSA) is 235 Å². The normalized spacial score (nSPS) is 33.9. The first kappa shape index (κ1) is 44.5. The molecule has 11 atom stereocenters. The van der Waals surface area contributed by atoms with Crippen molar-refractivity contribution in [1.29, 1.82) is 0 Å². The van der Waals surface area contributed by atoms with Crippen LogP contribution in [0.3, 0.4) is 0 Å². The quantitative estimate of drug-likeness (QED) is 0.0664. The number of nitrogens with one attached hydrogen (secondary N) is 2. The van der Waals surface area contributed by atoms with Crippen molar-refractivity contribution in [2.24, 2.45) is 5.41 Å².